The van der Waals surface area contributed by atoms with Gasteiger partial charge in [-0.3, -0.25) is 4.98 Å². The molecule has 66 valence electrons. The molecule has 0 fully saturated rings. The van der Waals surface area contributed by atoms with Crippen molar-refractivity contribution in [3.05, 3.63) is 23.5 Å². The minimum atomic E-state index is -2.81. The smallest absolute Gasteiger partial charge is 0.280 e. The zero-order valence-electron chi connectivity index (χ0n) is 5.97. The molecule has 0 saturated heterocycles. The highest BCUT2D eigenvalue weighted by molar-refractivity contribution is 5.28. The van der Waals surface area contributed by atoms with Gasteiger partial charge in [-0.05, 0) is 6.07 Å². The monoisotopic (exact) mass is 177 g/mol. The fourth-order valence-electron chi connectivity index (χ4n) is 0.812. The lowest BCUT2D eigenvalue weighted by atomic mass is 10.2. The lowest BCUT2D eigenvalue weighted by Crippen LogP contribution is -1.95. The van der Waals surface area contributed by atoms with Crippen LogP contribution in [0.1, 0.15) is 17.7 Å². The summed E-state index contributed by atoms with van der Waals surface area (Å²) in [6.07, 6.45) is -1.95. The van der Waals surface area contributed by atoms with E-state index in [1.165, 1.54) is 0 Å². The molecule has 12 heavy (non-hydrogen) atoms. The van der Waals surface area contributed by atoms with Crippen molar-refractivity contribution in [2.24, 2.45) is 0 Å². The third kappa shape index (κ3) is 1.66. The summed E-state index contributed by atoms with van der Waals surface area (Å²) in [5.41, 5.74) is -0.889. The summed E-state index contributed by atoms with van der Waals surface area (Å²) in [6, 6.07) is 0.939. The van der Waals surface area contributed by atoms with Gasteiger partial charge in [0.1, 0.15) is 18.1 Å². The van der Waals surface area contributed by atoms with Crippen molar-refractivity contribution < 1.29 is 18.3 Å². The first-order chi connectivity index (χ1) is 5.65. The van der Waals surface area contributed by atoms with E-state index >= 15 is 0 Å². The minimum Gasteiger partial charge on any atom is -0.506 e. The number of alkyl halides is 3. The molecule has 0 aromatic carbocycles. The van der Waals surface area contributed by atoms with Gasteiger partial charge in [-0.1, -0.05) is 0 Å². The van der Waals surface area contributed by atoms with Gasteiger partial charge in [-0.15, -0.1) is 0 Å². The first-order valence-corrected chi connectivity index (χ1v) is 3.17. The first-order valence-electron chi connectivity index (χ1n) is 3.17. The van der Waals surface area contributed by atoms with Crippen molar-refractivity contribution in [2.75, 3.05) is 0 Å². The van der Waals surface area contributed by atoms with Gasteiger partial charge in [0.25, 0.3) is 6.43 Å². The average molecular weight is 177 g/mol. The summed E-state index contributed by atoms with van der Waals surface area (Å²) in [4.78, 5) is 3.21. The maximum Gasteiger partial charge on any atom is 0.280 e. The second-order valence-corrected chi connectivity index (χ2v) is 2.17. The molecule has 0 bridgehead atoms. The molecule has 1 aromatic heterocycles. The van der Waals surface area contributed by atoms with Crippen LogP contribution in [0.15, 0.2) is 12.3 Å². The predicted octanol–water partition coefficient (Wildman–Crippen LogP) is 2.19. The molecule has 1 heterocycles. The highest BCUT2D eigenvalue weighted by atomic mass is 19.3. The SMILES string of the molecule is Oc1cnc(C(F)F)c(CF)c1. The zero-order valence-corrected chi connectivity index (χ0v) is 5.97. The van der Waals surface area contributed by atoms with Crippen LogP contribution in [-0.4, -0.2) is 10.1 Å². The van der Waals surface area contributed by atoms with Gasteiger partial charge < -0.3 is 5.11 Å². The maximum absolute atomic E-state index is 12.0. The Labute approximate surface area is 66.7 Å². The molecular formula is C7H6F3NO. The standard InChI is InChI=1S/C7H6F3NO/c8-2-4-1-5(12)3-11-6(4)7(9)10/h1,3,7,12H,2H2. The van der Waals surface area contributed by atoms with Crippen LogP contribution in [0.5, 0.6) is 5.75 Å². The normalized spacial score (nSPS) is 10.7. The fourth-order valence-corrected chi connectivity index (χ4v) is 0.812. The lowest BCUT2D eigenvalue weighted by molar-refractivity contribution is 0.143. The Kier molecular flexibility index (Phi) is 2.52. The summed E-state index contributed by atoms with van der Waals surface area (Å²) in [5.74, 6) is -0.313. The number of aromatic hydroxyl groups is 1. The molecule has 0 radical (unpaired) electrons. The summed E-state index contributed by atoms with van der Waals surface area (Å²) >= 11 is 0. The number of halogens is 3. The highest BCUT2D eigenvalue weighted by Crippen LogP contribution is 2.23. The summed E-state index contributed by atoms with van der Waals surface area (Å²) in [5, 5.41) is 8.78. The van der Waals surface area contributed by atoms with Crippen LogP contribution in [0, 0.1) is 0 Å². The second-order valence-electron chi connectivity index (χ2n) is 2.17. The topological polar surface area (TPSA) is 33.1 Å². The number of hydrogen-bond acceptors (Lipinski definition) is 2. The van der Waals surface area contributed by atoms with Gasteiger partial charge in [-0.25, -0.2) is 13.2 Å². The fraction of sp³-hybridized carbons (Fsp3) is 0.286. The number of aromatic nitrogens is 1. The van der Waals surface area contributed by atoms with Gasteiger partial charge in [0.2, 0.25) is 0 Å². The Morgan fingerprint density at radius 3 is 2.67 bits per heavy atom. The average Bonchev–Trinajstić information content (AvgIpc) is 2.03. The molecule has 0 aliphatic rings. The quantitative estimate of drug-likeness (QED) is 0.751. The Morgan fingerprint density at radius 1 is 1.50 bits per heavy atom. The minimum absolute atomic E-state index is 0.273. The molecule has 0 unspecified atom stereocenters. The zero-order chi connectivity index (χ0) is 9.14. The van der Waals surface area contributed by atoms with Crippen LogP contribution >= 0.6 is 0 Å². The van der Waals surface area contributed by atoms with E-state index in [2.05, 4.69) is 4.98 Å². The molecule has 5 heteroatoms. The molecule has 1 aromatic rings. The van der Waals surface area contributed by atoms with E-state index < -0.39 is 18.8 Å². The van der Waals surface area contributed by atoms with Crippen LogP contribution in [0.4, 0.5) is 13.2 Å². The van der Waals surface area contributed by atoms with Gasteiger partial charge in [0, 0.05) is 5.56 Å². The summed E-state index contributed by atoms with van der Waals surface area (Å²) in [7, 11) is 0. The van der Waals surface area contributed by atoms with Crippen LogP contribution in [0.3, 0.4) is 0 Å². The van der Waals surface area contributed by atoms with Gasteiger partial charge in [-0.2, -0.15) is 0 Å². The molecule has 0 aliphatic carbocycles. The van der Waals surface area contributed by atoms with Gasteiger partial charge in [0.05, 0.1) is 6.20 Å². The van der Waals surface area contributed by atoms with E-state index in [0.717, 1.165) is 12.3 Å². The molecule has 0 saturated carbocycles. The van der Waals surface area contributed by atoms with E-state index in [1.54, 1.807) is 0 Å². The molecule has 2 nitrogen and oxygen atoms in total. The van der Waals surface area contributed by atoms with E-state index in [1.807, 2.05) is 0 Å². The third-order valence-corrected chi connectivity index (χ3v) is 1.34. The summed E-state index contributed by atoms with van der Waals surface area (Å²) < 4.78 is 36.1. The van der Waals surface area contributed by atoms with Crippen molar-refractivity contribution in [2.45, 2.75) is 13.1 Å². The van der Waals surface area contributed by atoms with Crippen LogP contribution in [-0.2, 0) is 6.67 Å². The number of nitrogens with zero attached hydrogens (tertiary/aromatic N) is 1. The Hall–Kier alpha value is -1.26. The number of hydrogen-bond donors (Lipinski definition) is 1. The van der Waals surface area contributed by atoms with Crippen LogP contribution in [0.2, 0.25) is 0 Å². The highest BCUT2D eigenvalue weighted by Gasteiger charge is 2.14. The second kappa shape index (κ2) is 3.42. The first kappa shape index (κ1) is 8.83. The maximum atomic E-state index is 12.0. The van der Waals surface area contributed by atoms with Crippen LogP contribution in [0.25, 0.3) is 0 Å². The Bertz CT molecular complexity index is 277. The van der Waals surface area contributed by atoms with E-state index in [9.17, 15) is 13.2 Å². The predicted molar refractivity (Wildman–Crippen MR) is 35.7 cm³/mol. The van der Waals surface area contributed by atoms with E-state index in [-0.39, 0.29) is 11.3 Å². The van der Waals surface area contributed by atoms with Crippen LogP contribution < -0.4 is 0 Å². The molecule has 0 aliphatic heterocycles. The third-order valence-electron chi connectivity index (χ3n) is 1.34. The van der Waals surface area contributed by atoms with E-state index in [0.29, 0.717) is 0 Å². The number of pyridine rings is 1. The summed E-state index contributed by atoms with van der Waals surface area (Å²) in [6.45, 7) is -1.05. The van der Waals surface area contributed by atoms with Crippen molar-refractivity contribution >= 4 is 0 Å². The molecular weight excluding hydrogens is 171 g/mol. The van der Waals surface area contributed by atoms with Crippen molar-refractivity contribution in [1.82, 2.24) is 4.98 Å². The van der Waals surface area contributed by atoms with Crippen molar-refractivity contribution in [3.8, 4) is 5.75 Å². The molecule has 0 spiro atoms. The molecule has 0 atom stereocenters. The van der Waals surface area contributed by atoms with E-state index in [4.69, 9.17) is 5.11 Å². The molecule has 1 N–H and O–H groups in total. The van der Waals surface area contributed by atoms with Gasteiger partial charge in [0.15, 0.2) is 0 Å². The molecule has 1 rings (SSSR count). The van der Waals surface area contributed by atoms with Crippen molar-refractivity contribution in [3.63, 3.8) is 0 Å². The van der Waals surface area contributed by atoms with Gasteiger partial charge >= 0.3 is 0 Å². The largest absolute Gasteiger partial charge is 0.506 e. The van der Waals surface area contributed by atoms with Crippen molar-refractivity contribution in [1.29, 1.82) is 0 Å². The molecule has 0 amide bonds. The number of rotatable bonds is 2. The Balaban J connectivity index is 3.11. The Morgan fingerprint density at radius 2 is 2.17 bits per heavy atom. The lowest BCUT2D eigenvalue weighted by Gasteiger charge is -2.03.